The largest absolute Gasteiger partial charge is 0.454 e. The van der Waals surface area contributed by atoms with Crippen molar-refractivity contribution in [2.75, 3.05) is 12.3 Å². The van der Waals surface area contributed by atoms with Crippen molar-refractivity contribution in [2.24, 2.45) is 13.0 Å². The predicted molar refractivity (Wildman–Crippen MR) is 106 cm³/mol. The maximum absolute atomic E-state index is 12.6. The zero-order valence-corrected chi connectivity index (χ0v) is 16.7. The van der Waals surface area contributed by atoms with Crippen molar-refractivity contribution < 1.29 is 14.3 Å². The molecule has 0 amide bonds. The van der Waals surface area contributed by atoms with E-state index >= 15 is 0 Å². The molecule has 150 valence electrons. The number of aromatic nitrogens is 2. The second-order valence-electron chi connectivity index (χ2n) is 7.29. The van der Waals surface area contributed by atoms with E-state index in [1.165, 1.54) is 11.6 Å². The molecular formula is C20H25N3O5. The Morgan fingerprint density at radius 1 is 1.11 bits per heavy atom. The highest BCUT2D eigenvalue weighted by molar-refractivity contribution is 6.02. The highest BCUT2D eigenvalue weighted by atomic mass is 16.5. The van der Waals surface area contributed by atoms with Gasteiger partial charge in [-0.05, 0) is 31.9 Å². The molecule has 0 aliphatic carbocycles. The fourth-order valence-electron chi connectivity index (χ4n) is 2.97. The molecule has 2 rings (SSSR count). The number of nitrogen functional groups attached to an aromatic ring is 1. The van der Waals surface area contributed by atoms with Crippen LogP contribution in [0.15, 0.2) is 27.8 Å². The van der Waals surface area contributed by atoms with Gasteiger partial charge in [0.25, 0.3) is 5.56 Å². The number of carbonyl (C=O) groups excluding carboxylic acids is 2. The van der Waals surface area contributed by atoms with Gasteiger partial charge in [0, 0.05) is 13.6 Å². The molecule has 0 radical (unpaired) electrons. The van der Waals surface area contributed by atoms with Gasteiger partial charge in [-0.3, -0.25) is 18.7 Å². The lowest BCUT2D eigenvalue weighted by Gasteiger charge is -2.16. The van der Waals surface area contributed by atoms with Crippen molar-refractivity contribution in [2.45, 2.75) is 34.2 Å². The number of benzene rings is 1. The Morgan fingerprint density at radius 3 is 2.21 bits per heavy atom. The molecule has 28 heavy (non-hydrogen) atoms. The Kier molecular flexibility index (Phi) is 6.23. The highest BCUT2D eigenvalue weighted by Crippen LogP contribution is 2.12. The first kappa shape index (κ1) is 21.1. The van der Waals surface area contributed by atoms with E-state index in [0.29, 0.717) is 5.56 Å². The minimum atomic E-state index is -0.810. The van der Waals surface area contributed by atoms with Gasteiger partial charge in [-0.25, -0.2) is 9.59 Å². The number of nitrogens with two attached hydrogens (primary N) is 1. The van der Waals surface area contributed by atoms with Crippen LogP contribution in [-0.2, 0) is 18.3 Å². The highest BCUT2D eigenvalue weighted by Gasteiger charge is 2.23. The van der Waals surface area contributed by atoms with E-state index in [0.717, 1.165) is 15.7 Å². The zero-order valence-electron chi connectivity index (χ0n) is 16.7. The summed E-state index contributed by atoms with van der Waals surface area (Å²) >= 11 is 0. The van der Waals surface area contributed by atoms with E-state index in [1.807, 2.05) is 33.8 Å². The van der Waals surface area contributed by atoms with Gasteiger partial charge in [-0.2, -0.15) is 0 Å². The number of hydrogen-bond acceptors (Lipinski definition) is 6. The van der Waals surface area contributed by atoms with E-state index < -0.39 is 29.6 Å². The Labute approximate surface area is 162 Å². The summed E-state index contributed by atoms with van der Waals surface area (Å²) in [5.74, 6) is -1.57. The molecule has 1 aromatic carbocycles. The van der Waals surface area contributed by atoms with Crippen LogP contribution in [0.1, 0.15) is 45.7 Å². The maximum atomic E-state index is 12.6. The topological polar surface area (TPSA) is 113 Å². The smallest absolute Gasteiger partial charge is 0.338 e. The number of ether oxygens (including phenoxy) is 1. The van der Waals surface area contributed by atoms with Gasteiger partial charge in [0.2, 0.25) is 5.78 Å². The molecule has 0 aliphatic rings. The molecule has 8 heteroatoms. The number of ketones is 1. The fraction of sp³-hybridized carbons (Fsp3) is 0.400. The van der Waals surface area contributed by atoms with Crippen molar-refractivity contribution in [1.82, 2.24) is 9.13 Å². The number of aryl methyl sites for hydroxylation is 2. The third-order valence-electron chi connectivity index (χ3n) is 4.20. The number of Topliss-reactive ketones (excluding diaryl/α,β-unsaturated/α-hetero) is 1. The third-order valence-corrected chi connectivity index (χ3v) is 4.20. The predicted octanol–water partition coefficient (Wildman–Crippen LogP) is 1.44. The van der Waals surface area contributed by atoms with Crippen LogP contribution < -0.4 is 17.0 Å². The van der Waals surface area contributed by atoms with Crippen LogP contribution in [0.2, 0.25) is 0 Å². The first-order valence-corrected chi connectivity index (χ1v) is 8.90. The summed E-state index contributed by atoms with van der Waals surface area (Å²) in [4.78, 5) is 49.5. The molecule has 0 aliphatic heterocycles. The SMILES string of the molecule is Cc1cc(C)cc(C(=O)OCC(=O)c2c(N)n(CC(C)C)c(=O)n(C)c2=O)c1. The molecule has 2 N–H and O–H groups in total. The van der Waals surface area contributed by atoms with Gasteiger partial charge >= 0.3 is 11.7 Å². The molecule has 0 bridgehead atoms. The summed E-state index contributed by atoms with van der Waals surface area (Å²) in [5, 5.41) is 0. The molecule has 0 fully saturated rings. The molecule has 1 heterocycles. The second kappa shape index (κ2) is 8.24. The molecule has 0 atom stereocenters. The Balaban J connectivity index is 2.31. The lowest BCUT2D eigenvalue weighted by atomic mass is 10.1. The van der Waals surface area contributed by atoms with E-state index in [2.05, 4.69) is 0 Å². The molecule has 1 aromatic heterocycles. The average molecular weight is 387 g/mol. The molecule has 0 spiro atoms. The first-order valence-electron chi connectivity index (χ1n) is 8.90. The van der Waals surface area contributed by atoms with Crippen LogP contribution in [0.25, 0.3) is 0 Å². The molecule has 0 saturated carbocycles. The average Bonchev–Trinajstić information content (AvgIpc) is 2.60. The summed E-state index contributed by atoms with van der Waals surface area (Å²) in [7, 11) is 1.28. The summed E-state index contributed by atoms with van der Waals surface area (Å²) in [5.41, 5.74) is 6.28. The molecule has 0 saturated heterocycles. The van der Waals surface area contributed by atoms with E-state index in [1.54, 1.807) is 12.1 Å². The summed E-state index contributed by atoms with van der Waals surface area (Å²) in [6.07, 6.45) is 0. The van der Waals surface area contributed by atoms with E-state index in [-0.39, 0.29) is 23.8 Å². The van der Waals surface area contributed by atoms with Crippen LogP contribution in [0.3, 0.4) is 0 Å². The number of anilines is 1. The molecule has 0 unspecified atom stereocenters. The minimum Gasteiger partial charge on any atom is -0.454 e. The second-order valence-corrected chi connectivity index (χ2v) is 7.29. The number of carbonyl (C=O) groups is 2. The molecular weight excluding hydrogens is 362 g/mol. The first-order chi connectivity index (χ1) is 13.0. The number of nitrogens with zero attached hydrogens (tertiary/aromatic N) is 2. The lowest BCUT2D eigenvalue weighted by molar-refractivity contribution is 0.0474. The fourth-order valence-corrected chi connectivity index (χ4v) is 2.97. The summed E-state index contributed by atoms with van der Waals surface area (Å²) in [6.45, 7) is 7.05. The van der Waals surface area contributed by atoms with Crippen molar-refractivity contribution in [3.05, 3.63) is 61.3 Å². The number of hydrogen-bond donors (Lipinski definition) is 1. The summed E-state index contributed by atoms with van der Waals surface area (Å²) < 4.78 is 7.09. The Bertz CT molecular complexity index is 1030. The normalized spacial score (nSPS) is 10.9. The summed E-state index contributed by atoms with van der Waals surface area (Å²) in [6, 6.07) is 5.20. The van der Waals surface area contributed by atoms with Crippen LogP contribution in [0, 0.1) is 19.8 Å². The van der Waals surface area contributed by atoms with Gasteiger partial charge < -0.3 is 10.5 Å². The molecule has 8 nitrogen and oxygen atoms in total. The van der Waals surface area contributed by atoms with Gasteiger partial charge in [0.05, 0.1) is 5.56 Å². The van der Waals surface area contributed by atoms with Crippen LogP contribution in [0.5, 0.6) is 0 Å². The quantitative estimate of drug-likeness (QED) is 0.593. The van der Waals surface area contributed by atoms with Gasteiger partial charge in [-0.1, -0.05) is 31.0 Å². The monoisotopic (exact) mass is 387 g/mol. The number of esters is 1. The van der Waals surface area contributed by atoms with E-state index in [4.69, 9.17) is 10.5 Å². The number of rotatable bonds is 6. The van der Waals surface area contributed by atoms with Crippen LogP contribution >= 0.6 is 0 Å². The van der Waals surface area contributed by atoms with E-state index in [9.17, 15) is 19.2 Å². The van der Waals surface area contributed by atoms with Gasteiger partial charge in [0.15, 0.2) is 6.61 Å². The van der Waals surface area contributed by atoms with Crippen molar-refractivity contribution in [3.8, 4) is 0 Å². The van der Waals surface area contributed by atoms with Crippen molar-refractivity contribution in [3.63, 3.8) is 0 Å². The zero-order chi connectivity index (χ0) is 21.2. The lowest BCUT2D eigenvalue weighted by Crippen LogP contribution is -2.43. The third kappa shape index (κ3) is 4.39. The standard InChI is InChI=1S/C20H25N3O5/c1-11(2)9-23-17(21)16(18(25)22(5)20(23)27)15(24)10-28-19(26)14-7-12(3)6-13(4)8-14/h6-8,11H,9-10,21H2,1-5H3. The minimum absolute atomic E-state index is 0.0721. The van der Waals surface area contributed by atoms with Crippen molar-refractivity contribution in [1.29, 1.82) is 0 Å². The van der Waals surface area contributed by atoms with Gasteiger partial charge in [0.1, 0.15) is 11.4 Å². The maximum Gasteiger partial charge on any atom is 0.338 e. The Morgan fingerprint density at radius 2 is 1.68 bits per heavy atom. The van der Waals surface area contributed by atoms with Crippen LogP contribution in [0.4, 0.5) is 5.82 Å². The molecule has 2 aromatic rings. The Hall–Kier alpha value is -3.16. The van der Waals surface area contributed by atoms with Crippen molar-refractivity contribution >= 4 is 17.6 Å². The van der Waals surface area contributed by atoms with Gasteiger partial charge in [-0.15, -0.1) is 0 Å². The van der Waals surface area contributed by atoms with Crippen LogP contribution in [-0.4, -0.2) is 27.5 Å².